The fraction of sp³-hybridized carbons (Fsp3) is 0.400. The highest BCUT2D eigenvalue weighted by Crippen LogP contribution is 2.29. The largest absolute Gasteiger partial charge is 0.453 e. The quantitative estimate of drug-likeness (QED) is 0.535. The van der Waals surface area contributed by atoms with E-state index in [9.17, 15) is 22.8 Å². The minimum atomic E-state index is -4.69. The van der Waals surface area contributed by atoms with Gasteiger partial charge in [-0.1, -0.05) is 11.6 Å². The number of aromatic nitrogens is 5. The highest BCUT2D eigenvalue weighted by molar-refractivity contribution is 6.30. The monoisotopic (exact) mass is 497 g/mol. The summed E-state index contributed by atoms with van der Waals surface area (Å²) in [6.45, 7) is 2.20. The molecule has 3 aromatic rings. The molecule has 14 heteroatoms. The Balaban J connectivity index is 1.33. The van der Waals surface area contributed by atoms with Gasteiger partial charge in [0.2, 0.25) is 0 Å². The van der Waals surface area contributed by atoms with Crippen LogP contribution in [0.15, 0.2) is 30.5 Å². The Morgan fingerprint density at radius 3 is 2.56 bits per heavy atom. The molecule has 1 N–H and O–H groups in total. The number of ether oxygens (including phenoxy) is 1. The molecule has 1 aliphatic rings. The first-order valence-corrected chi connectivity index (χ1v) is 10.7. The first-order chi connectivity index (χ1) is 16.1. The number of amides is 1. The van der Waals surface area contributed by atoms with E-state index in [1.54, 1.807) is 17.0 Å². The van der Waals surface area contributed by atoms with Crippen LogP contribution >= 0.6 is 11.6 Å². The average Bonchev–Trinajstić information content (AvgIpc) is 3.24. The molecule has 0 radical (unpaired) electrons. The number of anilines is 2. The number of alkyl halides is 3. The molecule has 10 nitrogen and oxygen atoms in total. The number of carbonyl (C=O) groups is 2. The van der Waals surface area contributed by atoms with Crippen LogP contribution in [0.4, 0.5) is 24.8 Å². The predicted molar refractivity (Wildman–Crippen MR) is 114 cm³/mol. The lowest BCUT2D eigenvalue weighted by Crippen LogP contribution is -2.39. The summed E-state index contributed by atoms with van der Waals surface area (Å²) in [5.41, 5.74) is -0.0180. The second-order valence-corrected chi connectivity index (χ2v) is 8.11. The van der Waals surface area contributed by atoms with Gasteiger partial charge >= 0.3 is 12.1 Å². The molecule has 0 aromatic carbocycles. The summed E-state index contributed by atoms with van der Waals surface area (Å²) in [5, 5.41) is 13.6. The third kappa shape index (κ3) is 5.19. The summed E-state index contributed by atoms with van der Waals surface area (Å²) in [5.74, 6) is -2.13. The topological polar surface area (TPSA) is 115 Å². The normalized spacial score (nSPS) is 15.9. The number of halogens is 4. The van der Waals surface area contributed by atoms with Gasteiger partial charge in [0.25, 0.3) is 11.7 Å². The Hall–Kier alpha value is -3.48. The smallest absolute Gasteiger partial charge is 0.452 e. The third-order valence-corrected chi connectivity index (χ3v) is 5.52. The molecule has 34 heavy (non-hydrogen) atoms. The van der Waals surface area contributed by atoms with Gasteiger partial charge in [-0.05, 0) is 44.0 Å². The van der Waals surface area contributed by atoms with Gasteiger partial charge in [0.15, 0.2) is 11.8 Å². The molecule has 180 valence electrons. The van der Waals surface area contributed by atoms with Crippen LogP contribution in [0.1, 0.15) is 25.6 Å². The zero-order chi connectivity index (χ0) is 24.5. The summed E-state index contributed by atoms with van der Waals surface area (Å²) in [7, 11) is 0. The van der Waals surface area contributed by atoms with Crippen LogP contribution in [0.25, 0.3) is 5.65 Å². The molecule has 1 amide bonds. The van der Waals surface area contributed by atoms with E-state index in [-0.39, 0.29) is 11.5 Å². The van der Waals surface area contributed by atoms with Crippen molar-refractivity contribution in [2.45, 2.75) is 32.0 Å². The number of pyridine rings is 1. The Bertz CT molecular complexity index is 1190. The standard InChI is InChI=1S/C20H19ClF3N7O3/c1-11(17(32)26-14-3-2-13(21)10-25-14)34-18(33)12-6-8-30(9-7-12)16-5-4-15-27-28-19(20(22,23)24)31(15)29-16/h2-5,10-12H,6-9H2,1H3,(H,25,26,32)/t11-/m0/s1. The van der Waals surface area contributed by atoms with Gasteiger partial charge in [-0.3, -0.25) is 9.59 Å². The second-order valence-electron chi connectivity index (χ2n) is 7.67. The van der Waals surface area contributed by atoms with Crippen molar-refractivity contribution in [2.24, 2.45) is 5.92 Å². The first-order valence-electron chi connectivity index (χ1n) is 10.3. The van der Waals surface area contributed by atoms with E-state index >= 15 is 0 Å². The van der Waals surface area contributed by atoms with E-state index < -0.39 is 35.9 Å². The fourth-order valence-electron chi connectivity index (χ4n) is 3.47. The lowest BCUT2D eigenvalue weighted by molar-refractivity contribution is -0.158. The molecule has 1 aliphatic heterocycles. The number of nitrogens with zero attached hydrogens (tertiary/aromatic N) is 6. The van der Waals surface area contributed by atoms with Crippen LogP contribution in [-0.4, -0.2) is 55.9 Å². The van der Waals surface area contributed by atoms with Gasteiger partial charge in [-0.2, -0.15) is 17.7 Å². The highest BCUT2D eigenvalue weighted by atomic mass is 35.5. The zero-order valence-corrected chi connectivity index (χ0v) is 18.5. The number of hydrogen-bond acceptors (Lipinski definition) is 8. The molecule has 3 aromatic heterocycles. The summed E-state index contributed by atoms with van der Waals surface area (Å²) < 4.78 is 45.3. The Morgan fingerprint density at radius 2 is 1.91 bits per heavy atom. The molecule has 4 rings (SSSR count). The Morgan fingerprint density at radius 1 is 1.18 bits per heavy atom. The van der Waals surface area contributed by atoms with Crippen molar-refractivity contribution >= 4 is 40.8 Å². The molecule has 0 spiro atoms. The van der Waals surface area contributed by atoms with Crippen LogP contribution < -0.4 is 10.2 Å². The predicted octanol–water partition coefficient (Wildman–Crippen LogP) is 2.98. The average molecular weight is 498 g/mol. The van der Waals surface area contributed by atoms with Crippen LogP contribution in [0, 0.1) is 5.92 Å². The van der Waals surface area contributed by atoms with Crippen molar-refractivity contribution in [2.75, 3.05) is 23.3 Å². The third-order valence-electron chi connectivity index (χ3n) is 5.30. The van der Waals surface area contributed by atoms with Gasteiger partial charge in [-0.25, -0.2) is 4.98 Å². The van der Waals surface area contributed by atoms with Crippen molar-refractivity contribution in [3.05, 3.63) is 41.3 Å². The van der Waals surface area contributed by atoms with Crippen molar-refractivity contribution < 1.29 is 27.5 Å². The van der Waals surface area contributed by atoms with Gasteiger partial charge in [-0.15, -0.1) is 15.3 Å². The van der Waals surface area contributed by atoms with Crippen molar-refractivity contribution in [3.8, 4) is 0 Å². The minimum absolute atomic E-state index is 0.0180. The van der Waals surface area contributed by atoms with Crippen molar-refractivity contribution in [1.29, 1.82) is 0 Å². The summed E-state index contributed by atoms with van der Waals surface area (Å²) in [6, 6.07) is 6.04. The van der Waals surface area contributed by atoms with Crippen LogP contribution in [0.3, 0.4) is 0 Å². The van der Waals surface area contributed by atoms with Gasteiger partial charge < -0.3 is 15.0 Å². The van der Waals surface area contributed by atoms with Crippen LogP contribution in [0.2, 0.25) is 5.02 Å². The molecule has 1 saturated heterocycles. The number of rotatable bonds is 5. The molecular formula is C20H19ClF3N7O3. The number of nitrogens with one attached hydrogen (secondary N) is 1. The molecule has 0 aliphatic carbocycles. The molecule has 1 fully saturated rings. The van der Waals surface area contributed by atoms with E-state index in [0.29, 0.717) is 41.3 Å². The maximum atomic E-state index is 13.1. The first kappa shape index (κ1) is 23.7. The Kier molecular flexibility index (Phi) is 6.55. The molecule has 1 atom stereocenters. The summed E-state index contributed by atoms with van der Waals surface area (Å²) in [6.07, 6.45) is -3.57. The molecule has 4 heterocycles. The summed E-state index contributed by atoms with van der Waals surface area (Å²) >= 11 is 5.76. The molecular weight excluding hydrogens is 479 g/mol. The Labute approximate surface area is 196 Å². The maximum Gasteiger partial charge on any atom is 0.453 e. The van der Waals surface area contributed by atoms with E-state index in [0.717, 1.165) is 0 Å². The van der Waals surface area contributed by atoms with Crippen molar-refractivity contribution in [1.82, 2.24) is 24.8 Å². The molecule has 0 saturated carbocycles. The van der Waals surface area contributed by atoms with E-state index in [2.05, 4.69) is 25.6 Å². The van der Waals surface area contributed by atoms with E-state index in [1.807, 2.05) is 0 Å². The molecule has 0 unspecified atom stereocenters. The second kappa shape index (κ2) is 9.41. The number of hydrogen-bond donors (Lipinski definition) is 1. The van der Waals surface area contributed by atoms with Gasteiger partial charge in [0, 0.05) is 19.3 Å². The van der Waals surface area contributed by atoms with Gasteiger partial charge in [0.1, 0.15) is 11.6 Å². The van der Waals surface area contributed by atoms with Crippen molar-refractivity contribution in [3.63, 3.8) is 0 Å². The minimum Gasteiger partial charge on any atom is -0.452 e. The van der Waals surface area contributed by atoms with Crippen LogP contribution in [-0.2, 0) is 20.5 Å². The SMILES string of the molecule is C[C@H](OC(=O)C1CCN(c2ccc3nnc(C(F)(F)F)n3n2)CC1)C(=O)Nc1ccc(Cl)cn1. The number of carbonyl (C=O) groups excluding carboxylic acids is 2. The lowest BCUT2D eigenvalue weighted by Gasteiger charge is -2.32. The van der Waals surface area contributed by atoms with Gasteiger partial charge in [0.05, 0.1) is 10.9 Å². The number of fused-ring (bicyclic) bond motifs is 1. The lowest BCUT2D eigenvalue weighted by atomic mass is 9.97. The van der Waals surface area contributed by atoms with E-state index in [1.165, 1.54) is 25.3 Å². The summed E-state index contributed by atoms with van der Waals surface area (Å²) in [4.78, 5) is 30.5. The van der Waals surface area contributed by atoms with E-state index in [4.69, 9.17) is 16.3 Å². The fourth-order valence-corrected chi connectivity index (χ4v) is 3.58. The molecule has 0 bridgehead atoms. The number of piperidine rings is 1. The zero-order valence-electron chi connectivity index (χ0n) is 17.8. The maximum absolute atomic E-state index is 13.1. The highest BCUT2D eigenvalue weighted by Gasteiger charge is 2.38. The van der Waals surface area contributed by atoms with Crippen LogP contribution in [0.5, 0.6) is 0 Å². The number of esters is 1.